The minimum absolute atomic E-state index is 0.0894. The second-order valence-electron chi connectivity index (χ2n) is 8.82. The number of benzene rings is 1. The molecule has 0 amide bonds. The largest absolute Gasteiger partial charge is 0.329 e. The van der Waals surface area contributed by atoms with Gasteiger partial charge in [0.1, 0.15) is 0 Å². The van der Waals surface area contributed by atoms with Crippen LogP contribution in [0.2, 0.25) is 0 Å². The van der Waals surface area contributed by atoms with Crippen molar-refractivity contribution in [2.24, 2.45) is 0 Å². The summed E-state index contributed by atoms with van der Waals surface area (Å²) in [4.78, 5) is 18.0. The van der Waals surface area contributed by atoms with Gasteiger partial charge in [-0.3, -0.25) is 14.1 Å². The lowest BCUT2D eigenvalue weighted by Gasteiger charge is -2.11. The molecule has 178 valence electrons. The van der Waals surface area contributed by atoms with Crippen molar-refractivity contribution in [3.63, 3.8) is 0 Å². The molecule has 0 saturated carbocycles. The van der Waals surface area contributed by atoms with Gasteiger partial charge in [-0.05, 0) is 56.0 Å². The third kappa shape index (κ3) is 4.71. The Labute approximate surface area is 200 Å². The van der Waals surface area contributed by atoms with Crippen LogP contribution in [0.25, 0.3) is 22.6 Å². The molecule has 0 spiro atoms. The van der Waals surface area contributed by atoms with Crippen LogP contribution >= 0.6 is 0 Å². The zero-order chi connectivity index (χ0) is 24.1. The van der Waals surface area contributed by atoms with E-state index in [1.807, 2.05) is 33.4 Å². The molecule has 8 heteroatoms. The summed E-state index contributed by atoms with van der Waals surface area (Å²) in [5.74, 6) is 0.511. The summed E-state index contributed by atoms with van der Waals surface area (Å²) in [6, 6.07) is 12.2. The van der Waals surface area contributed by atoms with E-state index in [0.717, 1.165) is 59.5 Å². The minimum atomic E-state index is 0.0894. The van der Waals surface area contributed by atoms with Crippen LogP contribution in [0.1, 0.15) is 69.4 Å². The monoisotopic (exact) mass is 459 g/mol. The van der Waals surface area contributed by atoms with Crippen LogP contribution in [-0.4, -0.2) is 34.7 Å². The van der Waals surface area contributed by atoms with Gasteiger partial charge >= 0.3 is 5.69 Å². The zero-order valence-corrected chi connectivity index (χ0v) is 20.5. The van der Waals surface area contributed by atoms with E-state index in [1.54, 1.807) is 6.20 Å². The Morgan fingerprint density at radius 3 is 2.56 bits per heavy atom. The topological polar surface area (TPSA) is 94.3 Å². The predicted molar refractivity (Wildman–Crippen MR) is 134 cm³/mol. The highest BCUT2D eigenvalue weighted by atomic mass is 16.1. The number of imidazole rings is 1. The molecule has 0 bridgehead atoms. The predicted octanol–water partition coefficient (Wildman–Crippen LogP) is 4.95. The number of nitrogens with one attached hydrogen (secondary N) is 1. The number of hydrogen-bond acceptors (Lipinski definition) is 5. The van der Waals surface area contributed by atoms with Crippen molar-refractivity contribution in [1.82, 2.24) is 34.7 Å². The van der Waals surface area contributed by atoms with Crippen LogP contribution in [0.15, 0.2) is 47.4 Å². The van der Waals surface area contributed by atoms with Crippen LogP contribution in [0.4, 0.5) is 0 Å². The maximum Gasteiger partial charge on any atom is 0.329 e. The summed E-state index contributed by atoms with van der Waals surface area (Å²) in [6.07, 6.45) is 7.05. The normalized spacial score (nSPS) is 12.2. The summed E-state index contributed by atoms with van der Waals surface area (Å²) in [5.41, 5.74) is 6.02. The van der Waals surface area contributed by atoms with Crippen molar-refractivity contribution < 1.29 is 0 Å². The highest BCUT2D eigenvalue weighted by Crippen LogP contribution is 2.28. The average molecular weight is 460 g/mol. The summed E-state index contributed by atoms with van der Waals surface area (Å²) in [6.45, 7) is 9.11. The van der Waals surface area contributed by atoms with Gasteiger partial charge in [-0.2, -0.15) is 5.21 Å². The zero-order valence-electron chi connectivity index (χ0n) is 20.5. The number of aromatic amines is 1. The Hall–Kier alpha value is -3.55. The Morgan fingerprint density at radius 1 is 1.09 bits per heavy atom. The van der Waals surface area contributed by atoms with E-state index in [1.165, 1.54) is 6.42 Å². The molecule has 1 atom stereocenters. The van der Waals surface area contributed by atoms with E-state index in [0.29, 0.717) is 12.4 Å². The van der Waals surface area contributed by atoms with Gasteiger partial charge in [0.25, 0.3) is 0 Å². The Kier molecular flexibility index (Phi) is 7.35. The second-order valence-corrected chi connectivity index (χ2v) is 8.82. The third-order valence-electron chi connectivity index (χ3n) is 6.55. The number of nitrogens with zero attached hydrogens (tertiary/aromatic N) is 6. The van der Waals surface area contributed by atoms with E-state index < -0.39 is 0 Å². The lowest BCUT2D eigenvalue weighted by Crippen LogP contribution is -2.27. The number of rotatable bonds is 10. The van der Waals surface area contributed by atoms with Gasteiger partial charge < -0.3 is 0 Å². The second kappa shape index (κ2) is 10.6. The van der Waals surface area contributed by atoms with E-state index in [9.17, 15) is 4.79 Å². The first kappa shape index (κ1) is 23.6. The van der Waals surface area contributed by atoms with E-state index >= 15 is 0 Å². The van der Waals surface area contributed by atoms with Crippen LogP contribution in [-0.2, 0) is 13.0 Å². The standard InChI is InChI=1S/C26H33N7O/c1-5-7-8-11-23-19(4)33(18(3)6-2)26(34)32(23)17-20-12-14-21(15-13-20)24-22(10-9-16-27-24)25-28-30-31-29-25/h9-10,12-16,18H,5-8,11,17H2,1-4H3,(H,28,29,30,31). The molecule has 1 N–H and O–H groups in total. The first-order valence-electron chi connectivity index (χ1n) is 12.1. The summed E-state index contributed by atoms with van der Waals surface area (Å²) in [5, 5.41) is 14.4. The van der Waals surface area contributed by atoms with Gasteiger partial charge in [-0.25, -0.2) is 4.79 Å². The number of unbranched alkanes of at least 4 members (excludes halogenated alkanes) is 2. The molecule has 0 aliphatic carbocycles. The van der Waals surface area contributed by atoms with Crippen LogP contribution in [0.5, 0.6) is 0 Å². The number of tetrazole rings is 1. The van der Waals surface area contributed by atoms with E-state index in [4.69, 9.17) is 0 Å². The van der Waals surface area contributed by atoms with Crippen molar-refractivity contribution in [2.75, 3.05) is 0 Å². The van der Waals surface area contributed by atoms with Gasteiger partial charge in [-0.1, -0.05) is 51.0 Å². The highest BCUT2D eigenvalue weighted by Gasteiger charge is 2.20. The molecule has 1 unspecified atom stereocenters. The molecular weight excluding hydrogens is 426 g/mol. The summed E-state index contributed by atoms with van der Waals surface area (Å²) >= 11 is 0. The van der Waals surface area contributed by atoms with Crippen LogP contribution < -0.4 is 5.69 Å². The molecule has 0 radical (unpaired) electrons. The van der Waals surface area contributed by atoms with Gasteiger partial charge in [-0.15, -0.1) is 10.2 Å². The fourth-order valence-electron chi connectivity index (χ4n) is 4.49. The molecule has 4 aromatic rings. The molecular formula is C26H33N7O. The Bertz CT molecular complexity index is 1270. The number of H-pyrrole nitrogens is 1. The number of aromatic nitrogens is 7. The SMILES string of the molecule is CCCCCc1c(C)n(C(C)CC)c(=O)n1Cc1ccc(-c2ncccc2-c2nn[nH]n2)cc1. The average Bonchev–Trinajstić information content (AvgIpc) is 3.47. The first-order chi connectivity index (χ1) is 16.5. The number of pyridine rings is 1. The van der Waals surface area contributed by atoms with Gasteiger partial charge in [0.15, 0.2) is 0 Å². The van der Waals surface area contributed by atoms with Crippen molar-refractivity contribution in [3.05, 3.63) is 70.0 Å². The van der Waals surface area contributed by atoms with E-state index in [-0.39, 0.29) is 11.7 Å². The smallest absolute Gasteiger partial charge is 0.294 e. The highest BCUT2D eigenvalue weighted by molar-refractivity contribution is 5.76. The van der Waals surface area contributed by atoms with E-state index in [2.05, 4.69) is 65.4 Å². The molecule has 0 saturated heterocycles. The molecule has 1 aromatic carbocycles. The van der Waals surface area contributed by atoms with Gasteiger partial charge in [0.05, 0.1) is 12.2 Å². The minimum Gasteiger partial charge on any atom is -0.294 e. The Balaban J connectivity index is 1.65. The van der Waals surface area contributed by atoms with Crippen LogP contribution in [0, 0.1) is 6.92 Å². The lowest BCUT2D eigenvalue weighted by atomic mass is 10.0. The maximum absolute atomic E-state index is 13.4. The Morgan fingerprint density at radius 2 is 1.88 bits per heavy atom. The van der Waals surface area contributed by atoms with Crippen LogP contribution in [0.3, 0.4) is 0 Å². The maximum atomic E-state index is 13.4. The quantitative estimate of drug-likeness (QED) is 0.339. The number of hydrogen-bond donors (Lipinski definition) is 1. The molecule has 0 fully saturated rings. The van der Waals surface area contributed by atoms with Gasteiger partial charge in [0, 0.05) is 34.8 Å². The fraction of sp³-hybridized carbons (Fsp3) is 0.423. The third-order valence-corrected chi connectivity index (χ3v) is 6.55. The molecule has 3 heterocycles. The molecule has 4 rings (SSSR count). The molecule has 3 aromatic heterocycles. The summed E-state index contributed by atoms with van der Waals surface area (Å²) in [7, 11) is 0. The fourth-order valence-corrected chi connectivity index (χ4v) is 4.49. The summed E-state index contributed by atoms with van der Waals surface area (Å²) < 4.78 is 3.94. The van der Waals surface area contributed by atoms with Crippen molar-refractivity contribution in [1.29, 1.82) is 0 Å². The molecule has 0 aliphatic rings. The molecule has 8 nitrogen and oxygen atoms in total. The van der Waals surface area contributed by atoms with Crippen molar-refractivity contribution in [2.45, 2.75) is 72.4 Å². The van der Waals surface area contributed by atoms with Crippen molar-refractivity contribution >= 4 is 0 Å². The molecule has 0 aliphatic heterocycles. The lowest BCUT2D eigenvalue weighted by molar-refractivity contribution is 0.496. The van der Waals surface area contributed by atoms with Gasteiger partial charge in [0.2, 0.25) is 5.82 Å². The van der Waals surface area contributed by atoms with Crippen molar-refractivity contribution in [3.8, 4) is 22.6 Å². The first-order valence-corrected chi connectivity index (χ1v) is 12.1. The molecule has 34 heavy (non-hydrogen) atoms.